The maximum Gasteiger partial charge on any atom is 0.194 e. The first-order valence-corrected chi connectivity index (χ1v) is 6.17. The number of unbranched alkanes of at least 4 members (excludes halogenated alkanes) is 1. The summed E-state index contributed by atoms with van der Waals surface area (Å²) in [6.45, 7) is 6.87. The second-order valence-corrected chi connectivity index (χ2v) is 3.80. The highest BCUT2D eigenvalue weighted by Gasteiger charge is 2.14. The predicted molar refractivity (Wildman–Crippen MR) is 60.0 cm³/mol. The zero-order chi connectivity index (χ0) is 11.5. The lowest BCUT2D eigenvalue weighted by atomic mass is 10.3. The molecule has 0 fully saturated rings. The summed E-state index contributed by atoms with van der Waals surface area (Å²) in [6, 6.07) is 0. The fourth-order valence-electron chi connectivity index (χ4n) is 1.26. The largest absolute Gasteiger partial charge is 0.353 e. The molecule has 0 aliphatic rings. The molecular weight excluding hydrogens is 192 g/mol. The Morgan fingerprint density at radius 3 is 2.20 bits per heavy atom. The molecule has 0 bridgehead atoms. The van der Waals surface area contributed by atoms with Crippen molar-refractivity contribution in [1.29, 1.82) is 0 Å². The van der Waals surface area contributed by atoms with Crippen molar-refractivity contribution in [2.75, 3.05) is 6.61 Å². The van der Waals surface area contributed by atoms with Gasteiger partial charge in [0.15, 0.2) is 12.6 Å². The van der Waals surface area contributed by atoms with Crippen LogP contribution in [-0.4, -0.2) is 19.2 Å². The van der Waals surface area contributed by atoms with E-state index in [2.05, 4.69) is 13.8 Å². The van der Waals surface area contributed by atoms with Crippen molar-refractivity contribution < 1.29 is 14.6 Å². The Kier molecular flexibility index (Phi) is 10.3. The van der Waals surface area contributed by atoms with Gasteiger partial charge in [-0.15, -0.1) is 0 Å². The molecule has 0 rings (SSSR count). The monoisotopic (exact) mass is 217 g/mol. The van der Waals surface area contributed by atoms with E-state index in [0.717, 1.165) is 32.1 Å². The van der Waals surface area contributed by atoms with Crippen molar-refractivity contribution >= 4 is 0 Å². The fraction of sp³-hybridized carbons (Fsp3) is 1.00. The highest BCUT2D eigenvalue weighted by Crippen LogP contribution is 2.10. The van der Waals surface area contributed by atoms with E-state index in [1.807, 2.05) is 6.92 Å². The first-order chi connectivity index (χ1) is 7.24. The molecule has 0 N–H and O–H groups in total. The number of rotatable bonds is 10. The van der Waals surface area contributed by atoms with Crippen LogP contribution in [0.2, 0.25) is 0 Å². The second kappa shape index (κ2) is 10.4. The van der Waals surface area contributed by atoms with Crippen LogP contribution in [0, 0.1) is 0 Å². The van der Waals surface area contributed by atoms with E-state index in [1.165, 1.54) is 0 Å². The van der Waals surface area contributed by atoms with Gasteiger partial charge in [0.2, 0.25) is 0 Å². The van der Waals surface area contributed by atoms with Gasteiger partial charge in [-0.3, -0.25) is 0 Å². The molecule has 0 amide bonds. The quantitative estimate of drug-likeness (QED) is 0.415. The Hall–Kier alpha value is -0.120. The van der Waals surface area contributed by atoms with Crippen LogP contribution in [0.3, 0.4) is 0 Å². The Morgan fingerprint density at radius 2 is 1.67 bits per heavy atom. The Bertz CT molecular complexity index is 128. The van der Waals surface area contributed by atoms with Crippen LogP contribution < -0.4 is 0 Å². The molecule has 0 spiro atoms. The molecule has 0 aromatic rings. The van der Waals surface area contributed by atoms with Gasteiger partial charge in [0.25, 0.3) is 0 Å². The van der Waals surface area contributed by atoms with E-state index in [9.17, 15) is 5.11 Å². The summed E-state index contributed by atoms with van der Waals surface area (Å²) < 4.78 is 10.8. The van der Waals surface area contributed by atoms with Gasteiger partial charge >= 0.3 is 0 Å². The summed E-state index contributed by atoms with van der Waals surface area (Å²) in [5.74, 6) is 0. The molecule has 0 aromatic carbocycles. The lowest BCUT2D eigenvalue weighted by molar-refractivity contribution is -0.251. The molecule has 0 heterocycles. The summed E-state index contributed by atoms with van der Waals surface area (Å²) in [4.78, 5) is 0. The molecule has 15 heavy (non-hydrogen) atoms. The van der Waals surface area contributed by atoms with Gasteiger partial charge < -0.3 is 9.47 Å². The number of hydrogen-bond acceptors (Lipinski definition) is 2. The fourth-order valence-corrected chi connectivity index (χ4v) is 1.26. The van der Waals surface area contributed by atoms with Gasteiger partial charge in [-0.05, 0) is 12.8 Å². The highest BCUT2D eigenvalue weighted by atomic mass is 16.7. The van der Waals surface area contributed by atoms with E-state index in [0.29, 0.717) is 13.0 Å². The lowest BCUT2D eigenvalue weighted by Crippen LogP contribution is -2.24. The second-order valence-electron chi connectivity index (χ2n) is 3.80. The molecule has 3 heteroatoms. The summed E-state index contributed by atoms with van der Waals surface area (Å²) in [5, 5.41) is 11.3. The number of hydrogen-bond donors (Lipinski definition) is 0. The third-order valence-corrected chi connectivity index (χ3v) is 2.15. The van der Waals surface area contributed by atoms with Crippen molar-refractivity contribution in [3.05, 3.63) is 0 Å². The zero-order valence-electron chi connectivity index (χ0n) is 10.3. The van der Waals surface area contributed by atoms with Gasteiger partial charge in [0, 0.05) is 13.0 Å². The average Bonchev–Trinajstić information content (AvgIpc) is 2.18. The van der Waals surface area contributed by atoms with Crippen LogP contribution in [0.4, 0.5) is 0 Å². The van der Waals surface area contributed by atoms with Gasteiger partial charge in [-0.2, -0.15) is 0 Å². The van der Waals surface area contributed by atoms with E-state index in [4.69, 9.17) is 9.47 Å². The van der Waals surface area contributed by atoms with Gasteiger partial charge in [0.1, 0.15) is 0 Å². The maximum atomic E-state index is 11.3. The minimum atomic E-state index is -0.923. The van der Waals surface area contributed by atoms with Crippen LogP contribution in [0.15, 0.2) is 0 Å². The molecule has 2 unspecified atom stereocenters. The topological polar surface area (TPSA) is 38.4 Å². The SMILES string of the molecule is CCCCOC(CCC)OC([O])CCC. The standard InChI is InChI=1S/C12H25O3/c1-4-7-10-14-12(9-6-3)15-11(13)8-5-2/h11-12H,4-10H2,1-3H3. The predicted octanol–water partition coefficient (Wildman–Crippen LogP) is 3.50. The third kappa shape index (κ3) is 8.85. The van der Waals surface area contributed by atoms with E-state index in [-0.39, 0.29) is 6.29 Å². The molecule has 3 nitrogen and oxygen atoms in total. The molecule has 2 atom stereocenters. The highest BCUT2D eigenvalue weighted by molar-refractivity contribution is 4.48. The molecule has 1 radical (unpaired) electrons. The molecule has 0 aliphatic carbocycles. The summed E-state index contributed by atoms with van der Waals surface area (Å²) in [6.07, 6.45) is 4.14. The van der Waals surface area contributed by atoms with E-state index >= 15 is 0 Å². The van der Waals surface area contributed by atoms with Crippen LogP contribution in [0.5, 0.6) is 0 Å². The van der Waals surface area contributed by atoms with Crippen LogP contribution in [-0.2, 0) is 14.6 Å². The van der Waals surface area contributed by atoms with Gasteiger partial charge in [-0.1, -0.05) is 40.0 Å². The van der Waals surface area contributed by atoms with Gasteiger partial charge in [0.05, 0.1) is 0 Å². The molecule has 0 saturated carbocycles. The van der Waals surface area contributed by atoms with Crippen molar-refractivity contribution in [2.45, 2.75) is 71.9 Å². The van der Waals surface area contributed by atoms with Crippen molar-refractivity contribution in [1.82, 2.24) is 0 Å². The van der Waals surface area contributed by atoms with Crippen LogP contribution in [0.25, 0.3) is 0 Å². The third-order valence-electron chi connectivity index (χ3n) is 2.15. The molecule has 0 saturated heterocycles. The summed E-state index contributed by atoms with van der Waals surface area (Å²) >= 11 is 0. The van der Waals surface area contributed by atoms with E-state index < -0.39 is 6.29 Å². The Balaban J connectivity index is 3.70. The minimum absolute atomic E-state index is 0.296. The average molecular weight is 217 g/mol. The first-order valence-electron chi connectivity index (χ1n) is 6.17. The Labute approximate surface area is 93.8 Å². The van der Waals surface area contributed by atoms with Gasteiger partial charge in [-0.25, -0.2) is 5.11 Å². The summed E-state index contributed by atoms with van der Waals surface area (Å²) in [7, 11) is 0. The molecule has 0 aliphatic heterocycles. The molecule has 0 aromatic heterocycles. The summed E-state index contributed by atoms with van der Waals surface area (Å²) in [5.41, 5.74) is 0. The first kappa shape index (κ1) is 14.9. The van der Waals surface area contributed by atoms with E-state index in [1.54, 1.807) is 0 Å². The molecule has 91 valence electrons. The lowest BCUT2D eigenvalue weighted by Gasteiger charge is -2.20. The normalized spacial score (nSPS) is 15.2. The number of ether oxygens (including phenoxy) is 2. The Morgan fingerprint density at radius 1 is 1.00 bits per heavy atom. The maximum absolute atomic E-state index is 11.3. The minimum Gasteiger partial charge on any atom is -0.353 e. The zero-order valence-corrected chi connectivity index (χ0v) is 10.3. The van der Waals surface area contributed by atoms with Crippen LogP contribution in [0.1, 0.15) is 59.3 Å². The van der Waals surface area contributed by atoms with Crippen molar-refractivity contribution in [3.63, 3.8) is 0 Å². The van der Waals surface area contributed by atoms with Crippen molar-refractivity contribution in [3.8, 4) is 0 Å². The smallest absolute Gasteiger partial charge is 0.194 e. The molecular formula is C12H25O3. The van der Waals surface area contributed by atoms with Crippen molar-refractivity contribution in [2.24, 2.45) is 0 Å². The van der Waals surface area contributed by atoms with Crippen LogP contribution >= 0.6 is 0 Å².